The summed E-state index contributed by atoms with van der Waals surface area (Å²) in [6.07, 6.45) is 3.24. The zero-order chi connectivity index (χ0) is 12.7. The maximum absolute atomic E-state index is 11.8. The van der Waals surface area contributed by atoms with E-state index in [1.165, 1.54) is 0 Å². The zero-order valence-corrected chi connectivity index (χ0v) is 10.9. The topological polar surface area (TPSA) is 56.1 Å². The van der Waals surface area contributed by atoms with Gasteiger partial charge < -0.3 is 10.2 Å². The van der Waals surface area contributed by atoms with Gasteiger partial charge in [-0.05, 0) is 18.8 Å². The lowest BCUT2D eigenvalue weighted by atomic mass is 10.0. The summed E-state index contributed by atoms with van der Waals surface area (Å²) < 4.78 is 0. The fraction of sp³-hybridized carbons (Fsp3) is 0.846. The maximum atomic E-state index is 11.8. The lowest BCUT2D eigenvalue weighted by Crippen LogP contribution is -2.45. The first-order chi connectivity index (χ1) is 8.13. The number of nitrogens with one attached hydrogen (secondary N) is 1. The average molecular weight is 237 g/mol. The van der Waals surface area contributed by atoms with Gasteiger partial charge in [0.25, 0.3) is 0 Å². The van der Waals surface area contributed by atoms with Crippen LogP contribution in [0.4, 0.5) is 0 Å². The predicted octanol–water partition coefficient (Wildman–Crippen LogP) is 1.53. The summed E-state index contributed by atoms with van der Waals surface area (Å²) in [5, 5.41) is 11.8. The maximum Gasteiger partial charge on any atom is 0.222 e. The third kappa shape index (κ3) is 5.18. The fourth-order valence-corrected chi connectivity index (χ4v) is 2.14. The van der Waals surface area contributed by atoms with E-state index in [9.17, 15) is 4.79 Å². The quantitative estimate of drug-likeness (QED) is 0.738. The molecule has 0 aliphatic carbocycles. The van der Waals surface area contributed by atoms with E-state index in [-0.39, 0.29) is 5.91 Å². The highest BCUT2D eigenvalue weighted by Crippen LogP contribution is 2.13. The molecule has 1 saturated heterocycles. The van der Waals surface area contributed by atoms with E-state index >= 15 is 0 Å². The number of carbonyl (C=O) groups excluding carboxylic acids is 1. The van der Waals surface area contributed by atoms with Crippen molar-refractivity contribution in [2.24, 2.45) is 5.92 Å². The number of hydrogen-bond donors (Lipinski definition) is 1. The van der Waals surface area contributed by atoms with Crippen molar-refractivity contribution in [2.45, 2.75) is 45.6 Å². The summed E-state index contributed by atoms with van der Waals surface area (Å²) in [4.78, 5) is 13.8. The van der Waals surface area contributed by atoms with E-state index in [1.54, 1.807) is 0 Å². The number of nitrogens with zero attached hydrogens (tertiary/aromatic N) is 2. The molecule has 0 aromatic carbocycles. The molecule has 0 unspecified atom stereocenters. The second-order valence-electron chi connectivity index (χ2n) is 5.12. The normalized spacial score (nSPS) is 17.2. The minimum Gasteiger partial charge on any atom is -0.343 e. The zero-order valence-electron chi connectivity index (χ0n) is 10.9. The molecule has 1 aliphatic rings. The van der Waals surface area contributed by atoms with E-state index in [4.69, 9.17) is 5.26 Å². The van der Waals surface area contributed by atoms with Gasteiger partial charge in [-0.2, -0.15) is 5.26 Å². The smallest absolute Gasteiger partial charge is 0.222 e. The first kappa shape index (κ1) is 14.0. The van der Waals surface area contributed by atoms with E-state index in [2.05, 4.69) is 25.2 Å². The Morgan fingerprint density at radius 3 is 2.65 bits per heavy atom. The van der Waals surface area contributed by atoms with Crippen molar-refractivity contribution in [1.29, 1.82) is 5.26 Å². The SMILES string of the molecule is CC(C)CC(=O)N1CCC(NCCC#N)CC1. The van der Waals surface area contributed by atoms with Crippen LogP contribution in [0.15, 0.2) is 0 Å². The highest BCUT2D eigenvalue weighted by atomic mass is 16.2. The van der Waals surface area contributed by atoms with Crippen LogP contribution in [0, 0.1) is 17.2 Å². The summed E-state index contributed by atoms with van der Waals surface area (Å²) >= 11 is 0. The Kier molecular flexibility index (Phi) is 5.99. The van der Waals surface area contributed by atoms with Gasteiger partial charge in [0, 0.05) is 38.5 Å². The lowest BCUT2D eigenvalue weighted by molar-refractivity contribution is -0.133. The molecule has 0 atom stereocenters. The molecule has 0 aromatic heterocycles. The van der Waals surface area contributed by atoms with Crippen molar-refractivity contribution in [3.63, 3.8) is 0 Å². The highest BCUT2D eigenvalue weighted by molar-refractivity contribution is 5.76. The summed E-state index contributed by atoms with van der Waals surface area (Å²) in [5.74, 6) is 0.726. The second kappa shape index (κ2) is 7.29. The van der Waals surface area contributed by atoms with Crippen molar-refractivity contribution in [3.05, 3.63) is 0 Å². The van der Waals surface area contributed by atoms with Crippen LogP contribution in [-0.4, -0.2) is 36.5 Å². The minimum atomic E-state index is 0.287. The molecule has 0 saturated carbocycles. The van der Waals surface area contributed by atoms with Gasteiger partial charge in [0.1, 0.15) is 0 Å². The van der Waals surface area contributed by atoms with E-state index in [1.807, 2.05) is 4.90 Å². The molecule has 1 amide bonds. The van der Waals surface area contributed by atoms with E-state index in [0.717, 1.165) is 32.5 Å². The number of carbonyl (C=O) groups is 1. The molecule has 1 aliphatic heterocycles. The molecule has 1 fully saturated rings. The Labute approximate surface area is 104 Å². The van der Waals surface area contributed by atoms with E-state index < -0.39 is 0 Å². The number of nitriles is 1. The summed E-state index contributed by atoms with van der Waals surface area (Å²) in [5.41, 5.74) is 0. The third-order valence-electron chi connectivity index (χ3n) is 3.10. The number of likely N-dealkylation sites (tertiary alicyclic amines) is 1. The predicted molar refractivity (Wildman–Crippen MR) is 67.3 cm³/mol. The number of hydrogen-bond acceptors (Lipinski definition) is 3. The molecule has 1 N–H and O–H groups in total. The van der Waals surface area contributed by atoms with Crippen molar-refractivity contribution < 1.29 is 4.79 Å². The van der Waals surface area contributed by atoms with Crippen molar-refractivity contribution in [2.75, 3.05) is 19.6 Å². The number of rotatable bonds is 5. The van der Waals surface area contributed by atoms with Gasteiger partial charge in [0.2, 0.25) is 5.91 Å². The van der Waals surface area contributed by atoms with Gasteiger partial charge in [-0.25, -0.2) is 0 Å². The Hall–Kier alpha value is -1.08. The standard InChI is InChI=1S/C13H23N3O/c1-11(2)10-13(17)16-8-4-12(5-9-16)15-7-3-6-14/h11-12,15H,3-5,7-10H2,1-2H3. The number of amides is 1. The molecule has 0 radical (unpaired) electrons. The largest absolute Gasteiger partial charge is 0.343 e. The molecule has 4 nitrogen and oxygen atoms in total. The molecule has 0 aromatic rings. The van der Waals surface area contributed by atoms with Crippen LogP contribution in [0.25, 0.3) is 0 Å². The summed E-state index contributed by atoms with van der Waals surface area (Å²) in [6.45, 7) is 6.63. The van der Waals surface area contributed by atoms with Crippen molar-refractivity contribution >= 4 is 5.91 Å². The average Bonchev–Trinajstić information content (AvgIpc) is 2.29. The molecule has 4 heteroatoms. The second-order valence-corrected chi connectivity index (χ2v) is 5.12. The van der Waals surface area contributed by atoms with Gasteiger partial charge in [0.05, 0.1) is 6.07 Å². The minimum absolute atomic E-state index is 0.287. The van der Waals surface area contributed by atoms with Gasteiger partial charge in [0.15, 0.2) is 0 Å². The number of piperidine rings is 1. The van der Waals surface area contributed by atoms with Crippen LogP contribution >= 0.6 is 0 Å². The Morgan fingerprint density at radius 1 is 1.47 bits per heavy atom. The lowest BCUT2D eigenvalue weighted by Gasteiger charge is -2.32. The summed E-state index contributed by atoms with van der Waals surface area (Å²) in [6, 6.07) is 2.61. The van der Waals surface area contributed by atoms with Crippen LogP contribution in [-0.2, 0) is 4.79 Å². The van der Waals surface area contributed by atoms with Gasteiger partial charge in [-0.15, -0.1) is 0 Å². The first-order valence-corrected chi connectivity index (χ1v) is 6.51. The third-order valence-corrected chi connectivity index (χ3v) is 3.10. The molecule has 1 heterocycles. The van der Waals surface area contributed by atoms with Crippen LogP contribution in [0.1, 0.15) is 39.5 Å². The first-order valence-electron chi connectivity index (χ1n) is 6.51. The molecular formula is C13H23N3O. The Morgan fingerprint density at radius 2 is 2.12 bits per heavy atom. The van der Waals surface area contributed by atoms with Gasteiger partial charge >= 0.3 is 0 Å². The summed E-state index contributed by atoms with van der Waals surface area (Å²) in [7, 11) is 0. The molecular weight excluding hydrogens is 214 g/mol. The molecule has 0 spiro atoms. The Bertz CT molecular complexity index is 275. The molecule has 17 heavy (non-hydrogen) atoms. The van der Waals surface area contributed by atoms with Gasteiger partial charge in [-0.3, -0.25) is 4.79 Å². The van der Waals surface area contributed by atoms with Crippen LogP contribution in [0.2, 0.25) is 0 Å². The molecule has 0 bridgehead atoms. The van der Waals surface area contributed by atoms with Crippen LogP contribution in [0.3, 0.4) is 0 Å². The van der Waals surface area contributed by atoms with E-state index in [0.29, 0.717) is 24.8 Å². The van der Waals surface area contributed by atoms with Crippen molar-refractivity contribution in [1.82, 2.24) is 10.2 Å². The molecule has 1 rings (SSSR count). The van der Waals surface area contributed by atoms with Crippen molar-refractivity contribution in [3.8, 4) is 6.07 Å². The fourth-order valence-electron chi connectivity index (χ4n) is 2.14. The monoisotopic (exact) mass is 237 g/mol. The van der Waals surface area contributed by atoms with Gasteiger partial charge in [-0.1, -0.05) is 13.8 Å². The Balaban J connectivity index is 2.21. The highest BCUT2D eigenvalue weighted by Gasteiger charge is 2.22. The molecule has 96 valence electrons. The van der Waals surface area contributed by atoms with Crippen LogP contribution < -0.4 is 5.32 Å². The van der Waals surface area contributed by atoms with Crippen LogP contribution in [0.5, 0.6) is 0 Å².